The first-order chi connectivity index (χ1) is 14.0. The third-order valence-electron chi connectivity index (χ3n) is 5.43. The molecule has 1 fully saturated rings. The molecule has 0 bridgehead atoms. The van der Waals surface area contributed by atoms with Crippen LogP contribution in [0.1, 0.15) is 21.6 Å². The van der Waals surface area contributed by atoms with Crippen molar-refractivity contribution in [2.75, 3.05) is 44.8 Å². The van der Waals surface area contributed by atoms with Gasteiger partial charge in [-0.1, -0.05) is 6.07 Å². The van der Waals surface area contributed by atoms with E-state index in [4.69, 9.17) is 9.47 Å². The van der Waals surface area contributed by atoms with Crippen molar-refractivity contribution in [3.8, 4) is 17.6 Å². The molecule has 29 heavy (non-hydrogen) atoms. The van der Waals surface area contributed by atoms with Crippen LogP contribution in [0.4, 0.5) is 5.00 Å². The van der Waals surface area contributed by atoms with Gasteiger partial charge in [0.1, 0.15) is 11.1 Å². The van der Waals surface area contributed by atoms with Crippen molar-refractivity contribution in [2.24, 2.45) is 0 Å². The van der Waals surface area contributed by atoms with Gasteiger partial charge in [0.15, 0.2) is 11.5 Å². The van der Waals surface area contributed by atoms with E-state index < -0.39 is 0 Å². The molecule has 2 aliphatic heterocycles. The average Bonchev–Trinajstić information content (AvgIpc) is 3.27. The third-order valence-corrected chi connectivity index (χ3v) is 6.55. The number of fused-ring (bicyclic) bond motifs is 1. The van der Waals surface area contributed by atoms with Crippen LogP contribution in [0.25, 0.3) is 0 Å². The number of rotatable bonds is 5. The summed E-state index contributed by atoms with van der Waals surface area (Å²) in [7, 11) is 0. The highest BCUT2D eigenvalue weighted by atomic mass is 32.1. The van der Waals surface area contributed by atoms with Gasteiger partial charge in [-0.15, -0.1) is 11.3 Å². The molecule has 4 rings (SSSR count). The minimum absolute atomic E-state index is 0.0630. The summed E-state index contributed by atoms with van der Waals surface area (Å²) in [6, 6.07) is 8.27. The first kappa shape index (κ1) is 19.7. The van der Waals surface area contributed by atoms with Crippen molar-refractivity contribution in [2.45, 2.75) is 20.4 Å². The first-order valence-corrected chi connectivity index (χ1v) is 10.5. The summed E-state index contributed by atoms with van der Waals surface area (Å²) >= 11 is 1.47. The predicted molar refractivity (Wildman–Crippen MR) is 111 cm³/mol. The fraction of sp³-hybridized carbons (Fsp3) is 0.429. The van der Waals surface area contributed by atoms with E-state index in [-0.39, 0.29) is 5.91 Å². The minimum Gasteiger partial charge on any atom is -0.454 e. The lowest BCUT2D eigenvalue weighted by Gasteiger charge is -2.34. The smallest absolute Gasteiger partial charge is 0.239 e. The molecule has 3 heterocycles. The van der Waals surface area contributed by atoms with Crippen LogP contribution in [0.2, 0.25) is 0 Å². The maximum absolute atomic E-state index is 12.5. The molecule has 7 nitrogen and oxygen atoms in total. The molecule has 1 aromatic heterocycles. The van der Waals surface area contributed by atoms with Crippen LogP contribution in [0.15, 0.2) is 18.2 Å². The molecule has 0 unspecified atom stereocenters. The van der Waals surface area contributed by atoms with E-state index in [1.807, 2.05) is 26.0 Å². The number of ether oxygens (including phenoxy) is 2. The quantitative estimate of drug-likeness (QED) is 0.814. The van der Waals surface area contributed by atoms with Gasteiger partial charge < -0.3 is 14.8 Å². The molecule has 1 aromatic carbocycles. The van der Waals surface area contributed by atoms with E-state index in [0.717, 1.165) is 54.7 Å². The molecule has 1 saturated heterocycles. The Morgan fingerprint density at radius 1 is 1.17 bits per heavy atom. The van der Waals surface area contributed by atoms with E-state index in [1.54, 1.807) is 0 Å². The predicted octanol–water partition coefficient (Wildman–Crippen LogP) is 2.72. The molecule has 1 N–H and O–H groups in total. The zero-order valence-corrected chi connectivity index (χ0v) is 17.5. The second kappa shape index (κ2) is 8.41. The van der Waals surface area contributed by atoms with E-state index in [0.29, 0.717) is 23.9 Å². The topological polar surface area (TPSA) is 77.8 Å². The van der Waals surface area contributed by atoms with Gasteiger partial charge in [0.2, 0.25) is 12.7 Å². The van der Waals surface area contributed by atoms with Crippen LogP contribution < -0.4 is 14.8 Å². The summed E-state index contributed by atoms with van der Waals surface area (Å²) < 4.78 is 10.8. The van der Waals surface area contributed by atoms with Gasteiger partial charge >= 0.3 is 0 Å². The molecule has 1 amide bonds. The number of carbonyl (C=O) groups excluding carboxylic acids is 1. The molecule has 0 saturated carbocycles. The highest BCUT2D eigenvalue weighted by Crippen LogP contribution is 2.33. The van der Waals surface area contributed by atoms with Crippen LogP contribution in [0, 0.1) is 25.2 Å². The van der Waals surface area contributed by atoms with Crippen molar-refractivity contribution < 1.29 is 14.3 Å². The number of carbonyl (C=O) groups is 1. The van der Waals surface area contributed by atoms with Gasteiger partial charge in [0, 0.05) is 37.6 Å². The second-order valence-corrected chi connectivity index (χ2v) is 8.61. The van der Waals surface area contributed by atoms with Crippen molar-refractivity contribution in [3.63, 3.8) is 0 Å². The summed E-state index contributed by atoms with van der Waals surface area (Å²) in [5, 5.41) is 12.9. The number of nitrogens with zero attached hydrogens (tertiary/aromatic N) is 3. The number of anilines is 1. The Hall–Kier alpha value is -2.60. The van der Waals surface area contributed by atoms with Gasteiger partial charge in [-0.25, -0.2) is 0 Å². The first-order valence-electron chi connectivity index (χ1n) is 9.66. The number of hydrogen-bond donors (Lipinski definition) is 1. The number of thiophene rings is 1. The zero-order valence-electron chi connectivity index (χ0n) is 16.7. The van der Waals surface area contributed by atoms with E-state index in [2.05, 4.69) is 27.3 Å². The molecular formula is C21H24N4O3S. The lowest BCUT2D eigenvalue weighted by molar-refractivity contribution is -0.117. The van der Waals surface area contributed by atoms with Gasteiger partial charge in [-0.2, -0.15) is 5.26 Å². The molecule has 2 aromatic rings. The van der Waals surface area contributed by atoms with Crippen molar-refractivity contribution in [3.05, 3.63) is 39.8 Å². The highest BCUT2D eigenvalue weighted by molar-refractivity contribution is 7.16. The van der Waals surface area contributed by atoms with Crippen LogP contribution >= 0.6 is 11.3 Å². The Bertz CT molecular complexity index is 958. The number of benzene rings is 1. The normalized spacial score (nSPS) is 16.6. The lowest BCUT2D eigenvalue weighted by Crippen LogP contribution is -2.48. The summed E-state index contributed by atoms with van der Waals surface area (Å²) in [5.41, 5.74) is 2.73. The van der Waals surface area contributed by atoms with Gasteiger partial charge in [-0.05, 0) is 37.1 Å². The third kappa shape index (κ3) is 4.37. The molecular weight excluding hydrogens is 388 g/mol. The maximum Gasteiger partial charge on any atom is 0.239 e. The number of piperazine rings is 1. The van der Waals surface area contributed by atoms with E-state index in [1.165, 1.54) is 16.9 Å². The Balaban J connectivity index is 1.26. The summed E-state index contributed by atoms with van der Waals surface area (Å²) in [5.74, 6) is 1.56. The second-order valence-electron chi connectivity index (χ2n) is 7.39. The SMILES string of the molecule is Cc1sc(NC(=O)CN2CCN(Cc3ccc4c(c3)OCO4)CC2)c(C#N)c1C. The number of amides is 1. The summed E-state index contributed by atoms with van der Waals surface area (Å²) in [4.78, 5) is 18.1. The lowest BCUT2D eigenvalue weighted by atomic mass is 10.1. The zero-order chi connectivity index (χ0) is 20.4. The molecule has 2 aliphatic rings. The Morgan fingerprint density at radius 2 is 1.90 bits per heavy atom. The van der Waals surface area contributed by atoms with Crippen molar-refractivity contribution in [1.29, 1.82) is 5.26 Å². The van der Waals surface area contributed by atoms with Crippen LogP contribution in [0.5, 0.6) is 11.5 Å². The molecule has 0 atom stereocenters. The standard InChI is InChI=1S/C21H24N4O3S/c1-14-15(2)29-21(17(14)10-22)23-20(26)12-25-7-5-24(6-8-25)11-16-3-4-18-19(9-16)28-13-27-18/h3-4,9H,5-8,11-13H2,1-2H3,(H,23,26). The number of hydrogen-bond acceptors (Lipinski definition) is 7. The Kier molecular flexibility index (Phi) is 5.72. The number of nitrogens with one attached hydrogen (secondary N) is 1. The van der Waals surface area contributed by atoms with E-state index in [9.17, 15) is 10.1 Å². The molecule has 0 radical (unpaired) electrons. The minimum atomic E-state index is -0.0630. The highest BCUT2D eigenvalue weighted by Gasteiger charge is 2.21. The maximum atomic E-state index is 12.5. The van der Waals surface area contributed by atoms with Gasteiger partial charge in [0.25, 0.3) is 0 Å². The fourth-order valence-corrected chi connectivity index (χ4v) is 4.65. The fourth-order valence-electron chi connectivity index (χ4n) is 3.62. The Labute approximate surface area is 174 Å². The van der Waals surface area contributed by atoms with Gasteiger partial charge in [-0.3, -0.25) is 14.6 Å². The van der Waals surface area contributed by atoms with Crippen molar-refractivity contribution in [1.82, 2.24) is 9.80 Å². The Morgan fingerprint density at radius 3 is 2.66 bits per heavy atom. The monoisotopic (exact) mass is 412 g/mol. The van der Waals surface area contributed by atoms with E-state index >= 15 is 0 Å². The largest absolute Gasteiger partial charge is 0.454 e. The summed E-state index contributed by atoms with van der Waals surface area (Å²) in [6.07, 6.45) is 0. The van der Waals surface area contributed by atoms with Crippen LogP contribution in [-0.2, 0) is 11.3 Å². The van der Waals surface area contributed by atoms with Crippen LogP contribution in [0.3, 0.4) is 0 Å². The van der Waals surface area contributed by atoms with Gasteiger partial charge in [0.05, 0.1) is 12.1 Å². The number of aryl methyl sites for hydroxylation is 1. The molecule has 8 heteroatoms. The summed E-state index contributed by atoms with van der Waals surface area (Å²) in [6.45, 7) is 8.87. The number of nitriles is 1. The average molecular weight is 413 g/mol. The molecule has 152 valence electrons. The van der Waals surface area contributed by atoms with Crippen LogP contribution in [-0.4, -0.2) is 55.2 Å². The molecule has 0 aliphatic carbocycles. The van der Waals surface area contributed by atoms with Crippen molar-refractivity contribution >= 4 is 22.2 Å². The molecule has 0 spiro atoms.